The van der Waals surface area contributed by atoms with Gasteiger partial charge in [0, 0.05) is 15.4 Å². The summed E-state index contributed by atoms with van der Waals surface area (Å²) in [6.07, 6.45) is 0.295. The summed E-state index contributed by atoms with van der Waals surface area (Å²) in [4.78, 5) is 16.9. The smallest absolute Gasteiger partial charge is 0.226 e. The number of nitrogens with zero attached hydrogens (tertiary/aromatic N) is 1. The first-order chi connectivity index (χ1) is 12.0. The molecule has 0 saturated carbocycles. The monoisotopic (exact) mass is 414 g/mol. The van der Waals surface area contributed by atoms with Crippen molar-refractivity contribution in [1.82, 2.24) is 10.3 Å². The van der Waals surface area contributed by atoms with Gasteiger partial charge in [0.05, 0.1) is 18.2 Å². The number of hydrogen-bond donors (Lipinski definition) is 1. The Morgan fingerprint density at radius 3 is 2.72 bits per heavy atom. The molecule has 1 heterocycles. The number of hydrogen-bond acceptors (Lipinski definition) is 3. The van der Waals surface area contributed by atoms with Gasteiger partial charge < -0.3 is 5.32 Å². The van der Waals surface area contributed by atoms with Crippen molar-refractivity contribution in [3.63, 3.8) is 0 Å². The first-order valence-corrected chi connectivity index (χ1v) is 9.75. The Labute approximate surface area is 160 Å². The number of halogens is 1. The van der Waals surface area contributed by atoms with E-state index in [1.54, 1.807) is 11.3 Å². The Balaban J connectivity index is 1.62. The van der Waals surface area contributed by atoms with Crippen LogP contribution in [0.15, 0.2) is 58.4 Å². The van der Waals surface area contributed by atoms with E-state index in [-0.39, 0.29) is 11.9 Å². The van der Waals surface area contributed by atoms with Gasteiger partial charge in [0.1, 0.15) is 5.01 Å². The highest BCUT2D eigenvalue weighted by atomic mass is 79.9. The number of carbonyl (C=O) groups excluding carboxylic acids is 1. The SMILES string of the molecule is Cc1cccc(-c2nc(CC(=O)NC(C)c3ccc(Br)cc3)cs2)c1. The van der Waals surface area contributed by atoms with Gasteiger partial charge in [-0.15, -0.1) is 11.3 Å². The number of benzene rings is 2. The molecule has 0 aliphatic heterocycles. The standard InChI is InChI=1S/C20H19BrN2OS/c1-13-4-3-5-16(10-13)20-23-18(12-25-20)11-19(24)22-14(2)15-6-8-17(21)9-7-15/h3-10,12,14H,11H2,1-2H3,(H,22,24). The third-order valence-electron chi connectivity index (χ3n) is 3.91. The van der Waals surface area contributed by atoms with Gasteiger partial charge in [0.2, 0.25) is 5.91 Å². The van der Waals surface area contributed by atoms with E-state index in [0.29, 0.717) is 6.42 Å². The summed E-state index contributed by atoms with van der Waals surface area (Å²) in [6.45, 7) is 4.05. The highest BCUT2D eigenvalue weighted by Crippen LogP contribution is 2.24. The average molecular weight is 415 g/mol. The Morgan fingerprint density at radius 2 is 2.00 bits per heavy atom. The topological polar surface area (TPSA) is 42.0 Å². The summed E-state index contributed by atoms with van der Waals surface area (Å²) < 4.78 is 1.03. The molecule has 1 unspecified atom stereocenters. The molecule has 0 saturated heterocycles. The zero-order chi connectivity index (χ0) is 17.8. The maximum Gasteiger partial charge on any atom is 0.226 e. The quantitative estimate of drug-likeness (QED) is 0.615. The predicted octanol–water partition coefficient (Wildman–Crippen LogP) is 5.30. The Hall–Kier alpha value is -1.98. The second-order valence-corrected chi connectivity index (χ2v) is 7.80. The molecule has 0 aliphatic rings. The van der Waals surface area contributed by atoms with E-state index in [1.165, 1.54) is 5.56 Å². The molecule has 0 spiro atoms. The van der Waals surface area contributed by atoms with Gasteiger partial charge >= 0.3 is 0 Å². The molecule has 1 N–H and O–H groups in total. The van der Waals surface area contributed by atoms with Crippen molar-refractivity contribution >= 4 is 33.2 Å². The minimum Gasteiger partial charge on any atom is -0.349 e. The van der Waals surface area contributed by atoms with Crippen molar-refractivity contribution < 1.29 is 4.79 Å². The second-order valence-electron chi connectivity index (χ2n) is 6.03. The molecule has 25 heavy (non-hydrogen) atoms. The van der Waals surface area contributed by atoms with Crippen LogP contribution in [0.25, 0.3) is 10.6 Å². The predicted molar refractivity (Wildman–Crippen MR) is 107 cm³/mol. The van der Waals surface area contributed by atoms with Crippen molar-refractivity contribution in [3.8, 4) is 10.6 Å². The third-order valence-corrected chi connectivity index (χ3v) is 5.37. The van der Waals surface area contributed by atoms with Crippen LogP contribution in [0.2, 0.25) is 0 Å². The van der Waals surface area contributed by atoms with Gasteiger partial charge in [-0.3, -0.25) is 4.79 Å². The van der Waals surface area contributed by atoms with Crippen LogP contribution in [0, 0.1) is 6.92 Å². The van der Waals surface area contributed by atoms with E-state index < -0.39 is 0 Å². The Bertz CT molecular complexity index is 873. The van der Waals surface area contributed by atoms with Crippen LogP contribution in [0.1, 0.15) is 29.8 Å². The number of aromatic nitrogens is 1. The van der Waals surface area contributed by atoms with Crippen molar-refractivity contribution in [2.75, 3.05) is 0 Å². The molecule has 1 amide bonds. The van der Waals surface area contributed by atoms with E-state index in [1.807, 2.05) is 48.7 Å². The number of thiazole rings is 1. The molecule has 3 nitrogen and oxygen atoms in total. The summed E-state index contributed by atoms with van der Waals surface area (Å²) >= 11 is 5.00. The van der Waals surface area contributed by atoms with Crippen LogP contribution in [-0.4, -0.2) is 10.9 Å². The maximum atomic E-state index is 12.3. The zero-order valence-electron chi connectivity index (χ0n) is 14.1. The van der Waals surface area contributed by atoms with Gasteiger partial charge in [-0.2, -0.15) is 0 Å². The van der Waals surface area contributed by atoms with Crippen molar-refractivity contribution in [1.29, 1.82) is 0 Å². The molecule has 1 atom stereocenters. The van der Waals surface area contributed by atoms with Crippen LogP contribution >= 0.6 is 27.3 Å². The summed E-state index contributed by atoms with van der Waals surface area (Å²) in [6, 6.07) is 16.2. The molecule has 0 fully saturated rings. The van der Waals surface area contributed by atoms with E-state index in [4.69, 9.17) is 0 Å². The van der Waals surface area contributed by atoms with Gasteiger partial charge in [-0.25, -0.2) is 4.98 Å². The lowest BCUT2D eigenvalue weighted by Gasteiger charge is -2.14. The zero-order valence-corrected chi connectivity index (χ0v) is 16.5. The molecule has 3 rings (SSSR count). The summed E-state index contributed by atoms with van der Waals surface area (Å²) in [5, 5.41) is 5.94. The average Bonchev–Trinajstić information content (AvgIpc) is 3.03. The van der Waals surface area contributed by atoms with Crippen LogP contribution in [0.4, 0.5) is 0 Å². The lowest BCUT2D eigenvalue weighted by atomic mass is 10.1. The minimum atomic E-state index is -0.0320. The van der Waals surface area contributed by atoms with Crippen molar-refractivity contribution in [3.05, 3.63) is 75.2 Å². The first kappa shape index (κ1) is 17.8. The molecule has 0 radical (unpaired) electrons. The molecule has 0 bridgehead atoms. The lowest BCUT2D eigenvalue weighted by molar-refractivity contribution is -0.121. The third kappa shape index (κ3) is 4.77. The molecule has 2 aromatic carbocycles. The van der Waals surface area contributed by atoms with E-state index >= 15 is 0 Å². The summed E-state index contributed by atoms with van der Waals surface area (Å²) in [5.41, 5.74) is 4.19. The largest absolute Gasteiger partial charge is 0.349 e. The molecule has 128 valence electrons. The van der Waals surface area contributed by atoms with E-state index in [9.17, 15) is 4.79 Å². The van der Waals surface area contributed by atoms with Crippen LogP contribution < -0.4 is 5.32 Å². The van der Waals surface area contributed by atoms with E-state index in [2.05, 4.69) is 45.3 Å². The summed E-state index contributed by atoms with van der Waals surface area (Å²) in [7, 11) is 0. The van der Waals surface area contributed by atoms with Gasteiger partial charge in [-0.1, -0.05) is 51.8 Å². The molecule has 1 aromatic heterocycles. The van der Waals surface area contributed by atoms with Crippen LogP contribution in [0.5, 0.6) is 0 Å². The molecular weight excluding hydrogens is 396 g/mol. The van der Waals surface area contributed by atoms with E-state index in [0.717, 1.165) is 26.3 Å². The number of carbonyl (C=O) groups is 1. The number of amides is 1. The fourth-order valence-corrected chi connectivity index (χ4v) is 3.67. The van der Waals surface area contributed by atoms with Crippen LogP contribution in [-0.2, 0) is 11.2 Å². The Kier molecular flexibility index (Phi) is 5.66. The van der Waals surface area contributed by atoms with Gasteiger partial charge in [-0.05, 0) is 37.6 Å². The minimum absolute atomic E-state index is 0.0171. The molecule has 5 heteroatoms. The fourth-order valence-electron chi connectivity index (χ4n) is 2.59. The van der Waals surface area contributed by atoms with Crippen molar-refractivity contribution in [2.45, 2.75) is 26.3 Å². The lowest BCUT2D eigenvalue weighted by Crippen LogP contribution is -2.28. The Morgan fingerprint density at radius 1 is 1.24 bits per heavy atom. The fraction of sp³-hybridized carbons (Fsp3) is 0.200. The second kappa shape index (κ2) is 7.93. The maximum absolute atomic E-state index is 12.3. The van der Waals surface area contributed by atoms with Crippen LogP contribution in [0.3, 0.4) is 0 Å². The first-order valence-electron chi connectivity index (χ1n) is 8.07. The number of aryl methyl sites for hydroxylation is 1. The van der Waals surface area contributed by atoms with Gasteiger partial charge in [0.25, 0.3) is 0 Å². The number of rotatable bonds is 5. The molecule has 0 aliphatic carbocycles. The normalized spacial score (nSPS) is 12.0. The summed E-state index contributed by atoms with van der Waals surface area (Å²) in [5.74, 6) is -0.0171. The molecular formula is C20H19BrN2OS. The van der Waals surface area contributed by atoms with Gasteiger partial charge in [0.15, 0.2) is 0 Å². The number of nitrogens with one attached hydrogen (secondary N) is 1. The highest BCUT2D eigenvalue weighted by Gasteiger charge is 2.12. The van der Waals surface area contributed by atoms with Crippen molar-refractivity contribution in [2.24, 2.45) is 0 Å². The highest BCUT2D eigenvalue weighted by molar-refractivity contribution is 9.10. The molecule has 3 aromatic rings.